The van der Waals surface area contributed by atoms with Crippen LogP contribution in [0.25, 0.3) is 0 Å². The minimum atomic E-state index is -0.280. The minimum Gasteiger partial charge on any atom is -0.494 e. The number of ether oxygens (including phenoxy) is 2. The number of aromatic nitrogens is 3. The molecule has 2 aromatic rings. The van der Waals surface area contributed by atoms with Crippen LogP contribution in [0.2, 0.25) is 0 Å². The molecule has 0 unspecified atom stereocenters. The molecule has 0 bridgehead atoms. The fourth-order valence-electron chi connectivity index (χ4n) is 1.92. The van der Waals surface area contributed by atoms with Gasteiger partial charge in [-0.15, -0.1) is 5.10 Å². The molecule has 8 heteroatoms. The Balaban J connectivity index is 1.71. The largest absolute Gasteiger partial charge is 0.494 e. The molecule has 1 aromatic carbocycles. The zero-order valence-corrected chi connectivity index (χ0v) is 13.8. The average molecular weight is 341 g/mol. The first kappa shape index (κ1) is 17.6. The lowest BCUT2D eigenvalue weighted by Gasteiger charge is -2.07. The van der Waals surface area contributed by atoms with Gasteiger partial charge in [0, 0.05) is 26.0 Å². The summed E-state index contributed by atoms with van der Waals surface area (Å²) in [6, 6.07) is 5.94. The molecule has 0 saturated heterocycles. The number of aromatic amines is 1. The Morgan fingerprint density at radius 1 is 1.26 bits per heavy atom. The zero-order valence-electron chi connectivity index (χ0n) is 13.0. The van der Waals surface area contributed by atoms with Crippen LogP contribution in [0.15, 0.2) is 34.2 Å². The summed E-state index contributed by atoms with van der Waals surface area (Å²) >= 11 is 1.50. The molecule has 0 amide bonds. The summed E-state index contributed by atoms with van der Waals surface area (Å²) < 4.78 is 24.9. The zero-order chi connectivity index (χ0) is 16.5. The molecule has 126 valence electrons. The highest BCUT2D eigenvalue weighted by Gasteiger charge is 2.08. The first-order valence-corrected chi connectivity index (χ1v) is 8.34. The number of rotatable bonds is 10. The number of nitrogens with zero attached hydrogens (tertiary/aromatic N) is 2. The normalized spacial score (nSPS) is 10.9. The Hall–Kier alpha value is -1.80. The molecule has 1 aromatic heterocycles. The van der Waals surface area contributed by atoms with Crippen LogP contribution in [-0.4, -0.2) is 40.8 Å². The van der Waals surface area contributed by atoms with Crippen LogP contribution >= 0.6 is 11.8 Å². The van der Waals surface area contributed by atoms with E-state index in [-0.39, 0.29) is 11.5 Å². The monoisotopic (exact) mass is 341 g/mol. The molecule has 1 N–H and O–H groups in total. The molecule has 0 radical (unpaired) electrons. The maximum atomic E-state index is 12.8. The summed E-state index contributed by atoms with van der Waals surface area (Å²) in [7, 11) is 1.63. The number of nitrogens with one attached hydrogen (secondary N) is 1. The van der Waals surface area contributed by atoms with Crippen molar-refractivity contribution in [3.8, 4) is 5.75 Å². The topological polar surface area (TPSA) is 69.1 Å². The van der Waals surface area contributed by atoms with Crippen molar-refractivity contribution in [1.29, 1.82) is 0 Å². The van der Waals surface area contributed by atoms with Crippen LogP contribution < -0.4 is 10.4 Å². The van der Waals surface area contributed by atoms with Crippen molar-refractivity contribution in [3.05, 3.63) is 40.6 Å². The van der Waals surface area contributed by atoms with Gasteiger partial charge in [0.25, 0.3) is 0 Å². The van der Waals surface area contributed by atoms with Crippen LogP contribution in [0.4, 0.5) is 4.39 Å². The molecule has 0 aliphatic carbocycles. The van der Waals surface area contributed by atoms with Gasteiger partial charge in [0.1, 0.15) is 11.6 Å². The summed E-state index contributed by atoms with van der Waals surface area (Å²) in [5.41, 5.74) is -0.203. The maximum absolute atomic E-state index is 12.8. The van der Waals surface area contributed by atoms with Crippen molar-refractivity contribution in [2.24, 2.45) is 0 Å². The van der Waals surface area contributed by atoms with Gasteiger partial charge in [-0.1, -0.05) is 11.8 Å². The number of hydrogen-bond acceptors (Lipinski definition) is 5. The van der Waals surface area contributed by atoms with E-state index in [1.807, 2.05) is 0 Å². The fourth-order valence-corrected chi connectivity index (χ4v) is 2.81. The predicted octanol–water partition coefficient (Wildman–Crippen LogP) is 2.31. The lowest BCUT2D eigenvalue weighted by molar-refractivity contribution is 0.189. The Kier molecular flexibility index (Phi) is 7.15. The van der Waals surface area contributed by atoms with E-state index in [0.717, 1.165) is 18.6 Å². The van der Waals surface area contributed by atoms with Crippen LogP contribution in [0.3, 0.4) is 0 Å². The van der Waals surface area contributed by atoms with Crippen molar-refractivity contribution in [2.75, 3.05) is 26.1 Å². The number of thioether (sulfide) groups is 1. The van der Waals surface area contributed by atoms with Gasteiger partial charge in [-0.3, -0.25) is 4.57 Å². The number of methoxy groups -OCH3 is 1. The van der Waals surface area contributed by atoms with E-state index in [1.54, 1.807) is 23.8 Å². The van der Waals surface area contributed by atoms with Crippen LogP contribution in [0.5, 0.6) is 5.75 Å². The van der Waals surface area contributed by atoms with Crippen molar-refractivity contribution in [3.63, 3.8) is 0 Å². The second-order valence-electron chi connectivity index (χ2n) is 4.81. The Morgan fingerprint density at radius 2 is 2.04 bits per heavy atom. The van der Waals surface area contributed by atoms with Gasteiger partial charge in [0.15, 0.2) is 5.16 Å². The molecular formula is C15H20FN3O3S. The standard InChI is InChI=1S/C15H20FN3O3S/c1-21-9-2-8-19-14(20)17-18-15(19)23-11-3-10-22-13-6-4-12(16)5-7-13/h4-7H,2-3,8-11H2,1H3,(H,17,20). The van der Waals surface area contributed by atoms with Gasteiger partial charge >= 0.3 is 5.69 Å². The molecule has 0 atom stereocenters. The lowest BCUT2D eigenvalue weighted by atomic mass is 10.3. The van der Waals surface area contributed by atoms with Gasteiger partial charge in [0.2, 0.25) is 0 Å². The molecule has 0 spiro atoms. The van der Waals surface area contributed by atoms with E-state index in [9.17, 15) is 9.18 Å². The van der Waals surface area contributed by atoms with Gasteiger partial charge in [-0.25, -0.2) is 14.3 Å². The summed E-state index contributed by atoms with van der Waals surface area (Å²) in [5, 5.41) is 7.16. The van der Waals surface area contributed by atoms with Crippen LogP contribution in [0, 0.1) is 5.82 Å². The third-order valence-electron chi connectivity index (χ3n) is 3.06. The number of benzene rings is 1. The number of halogens is 1. The van der Waals surface area contributed by atoms with Crippen LogP contribution in [-0.2, 0) is 11.3 Å². The first-order chi connectivity index (χ1) is 11.2. The first-order valence-electron chi connectivity index (χ1n) is 7.36. The highest BCUT2D eigenvalue weighted by molar-refractivity contribution is 7.99. The lowest BCUT2D eigenvalue weighted by Crippen LogP contribution is -2.18. The molecule has 0 saturated carbocycles. The van der Waals surface area contributed by atoms with E-state index < -0.39 is 0 Å². The smallest absolute Gasteiger partial charge is 0.343 e. The second-order valence-corrected chi connectivity index (χ2v) is 5.88. The third kappa shape index (κ3) is 5.72. The SMILES string of the molecule is COCCCn1c(SCCCOc2ccc(F)cc2)n[nH]c1=O. The Morgan fingerprint density at radius 3 is 2.78 bits per heavy atom. The molecule has 0 aliphatic heterocycles. The molecule has 0 fully saturated rings. The van der Waals surface area contributed by atoms with Gasteiger partial charge in [-0.2, -0.15) is 0 Å². The van der Waals surface area contributed by atoms with E-state index in [1.165, 1.54) is 23.9 Å². The maximum Gasteiger partial charge on any atom is 0.343 e. The molecule has 1 heterocycles. The fraction of sp³-hybridized carbons (Fsp3) is 0.467. The summed E-state index contributed by atoms with van der Waals surface area (Å²) in [5.74, 6) is 1.14. The van der Waals surface area contributed by atoms with Crippen LogP contribution in [0.1, 0.15) is 12.8 Å². The van der Waals surface area contributed by atoms with Crippen molar-refractivity contribution in [2.45, 2.75) is 24.5 Å². The summed E-state index contributed by atoms with van der Waals surface area (Å²) in [6.45, 7) is 1.71. The van der Waals surface area contributed by atoms with Gasteiger partial charge in [-0.05, 0) is 37.1 Å². The van der Waals surface area contributed by atoms with Crippen molar-refractivity contribution in [1.82, 2.24) is 14.8 Å². The molecule has 23 heavy (non-hydrogen) atoms. The molecule has 2 rings (SSSR count). The van der Waals surface area contributed by atoms with E-state index in [2.05, 4.69) is 10.2 Å². The van der Waals surface area contributed by atoms with E-state index in [0.29, 0.717) is 30.7 Å². The summed E-state index contributed by atoms with van der Waals surface area (Å²) in [6.07, 6.45) is 1.55. The van der Waals surface area contributed by atoms with E-state index in [4.69, 9.17) is 9.47 Å². The number of H-pyrrole nitrogens is 1. The van der Waals surface area contributed by atoms with Gasteiger partial charge in [0.05, 0.1) is 6.61 Å². The quantitative estimate of drug-likeness (QED) is 0.530. The van der Waals surface area contributed by atoms with Crippen molar-refractivity contribution >= 4 is 11.8 Å². The highest BCUT2D eigenvalue weighted by atomic mass is 32.2. The third-order valence-corrected chi connectivity index (χ3v) is 4.12. The number of hydrogen-bond donors (Lipinski definition) is 1. The Labute approximate surface area is 138 Å². The highest BCUT2D eigenvalue weighted by Crippen LogP contribution is 2.16. The second kappa shape index (κ2) is 9.36. The van der Waals surface area contributed by atoms with E-state index >= 15 is 0 Å². The predicted molar refractivity (Wildman–Crippen MR) is 86.6 cm³/mol. The van der Waals surface area contributed by atoms with Crippen molar-refractivity contribution < 1.29 is 13.9 Å². The molecular weight excluding hydrogens is 321 g/mol. The Bertz CT molecular complexity index is 642. The molecule has 0 aliphatic rings. The van der Waals surface area contributed by atoms with Gasteiger partial charge < -0.3 is 9.47 Å². The average Bonchev–Trinajstić information content (AvgIpc) is 2.90. The summed E-state index contributed by atoms with van der Waals surface area (Å²) in [4.78, 5) is 11.7. The minimum absolute atomic E-state index is 0.203. The molecule has 6 nitrogen and oxygen atoms in total.